The Morgan fingerprint density at radius 2 is 0.667 bits per heavy atom. The molecule has 0 heterocycles. The van der Waals surface area contributed by atoms with Gasteiger partial charge < -0.3 is 9.80 Å². The maximum atomic E-state index is 2.52. The number of nitrogens with zero attached hydrogens (tertiary/aromatic N) is 2. The summed E-state index contributed by atoms with van der Waals surface area (Å²) >= 11 is 0. The minimum absolute atomic E-state index is 0.00710. The monoisotopic (exact) mass is 698 g/mol. The van der Waals surface area contributed by atoms with Crippen LogP contribution in [0.1, 0.15) is 73.6 Å². The average molecular weight is 699 g/mol. The van der Waals surface area contributed by atoms with E-state index >= 15 is 0 Å². The van der Waals surface area contributed by atoms with Crippen LogP contribution in [0.4, 0.5) is 34.1 Å². The zero-order chi connectivity index (χ0) is 36.0. The van der Waals surface area contributed by atoms with Crippen LogP contribution < -0.4 is 9.80 Å². The third kappa shape index (κ3) is 5.38. The summed E-state index contributed by atoms with van der Waals surface area (Å²) in [6.45, 7) is 0. The van der Waals surface area contributed by atoms with E-state index in [0.29, 0.717) is 0 Å². The van der Waals surface area contributed by atoms with E-state index in [1.165, 1.54) is 107 Å². The zero-order valence-corrected chi connectivity index (χ0v) is 30.9. The maximum Gasteiger partial charge on any atom is 0.0465 e. The first-order valence-corrected chi connectivity index (χ1v) is 19.9. The second-order valence-electron chi connectivity index (χ2n) is 15.6. The second kappa shape index (κ2) is 13.5. The quantitative estimate of drug-likeness (QED) is 0.156. The molecule has 10 rings (SSSR count). The Morgan fingerprint density at radius 3 is 1.17 bits per heavy atom. The highest BCUT2D eigenvalue weighted by Crippen LogP contribution is 2.58. The molecule has 0 atom stereocenters. The van der Waals surface area contributed by atoms with Crippen molar-refractivity contribution in [1.29, 1.82) is 0 Å². The van der Waals surface area contributed by atoms with Crippen molar-refractivity contribution in [3.63, 3.8) is 0 Å². The van der Waals surface area contributed by atoms with E-state index < -0.39 is 0 Å². The van der Waals surface area contributed by atoms with Crippen molar-refractivity contribution in [2.24, 2.45) is 0 Å². The van der Waals surface area contributed by atoms with Gasteiger partial charge in [-0.3, -0.25) is 0 Å². The lowest BCUT2D eigenvalue weighted by molar-refractivity contribution is 0.535. The largest absolute Gasteiger partial charge is 0.311 e. The fourth-order valence-electron chi connectivity index (χ4n) is 10.3. The SMILES string of the molecule is c1ccc(N(c2ccccc2)c2ccc(C3(c4ccc(N(c5ccccc5)c5ccc6c(c5)C5(CCCC5)c5ccccc5-6)cc4)CCCC3)cc2)cc1. The number of benzene rings is 7. The molecule has 2 nitrogen and oxygen atoms in total. The summed E-state index contributed by atoms with van der Waals surface area (Å²) in [5.41, 5.74) is 16.0. The molecule has 7 aromatic carbocycles. The average Bonchev–Trinajstić information content (AvgIpc) is 4.01. The van der Waals surface area contributed by atoms with E-state index in [1.807, 2.05) is 0 Å². The van der Waals surface area contributed by atoms with Gasteiger partial charge in [-0.1, -0.05) is 135 Å². The Balaban J connectivity index is 1.01. The number of anilines is 6. The number of hydrogen-bond acceptors (Lipinski definition) is 2. The molecule has 0 amide bonds. The molecule has 0 aliphatic heterocycles. The topological polar surface area (TPSA) is 6.48 Å². The van der Waals surface area contributed by atoms with Crippen molar-refractivity contribution in [3.05, 3.63) is 204 Å². The summed E-state index contributed by atoms with van der Waals surface area (Å²) in [4.78, 5) is 4.82. The lowest BCUT2D eigenvalue weighted by Crippen LogP contribution is -2.24. The van der Waals surface area contributed by atoms with E-state index in [1.54, 1.807) is 0 Å². The smallest absolute Gasteiger partial charge is 0.0465 e. The third-order valence-corrected chi connectivity index (χ3v) is 12.8. The summed E-state index contributed by atoms with van der Waals surface area (Å²) in [6.07, 6.45) is 9.90. The molecule has 2 saturated carbocycles. The van der Waals surface area contributed by atoms with Crippen LogP contribution in [0.2, 0.25) is 0 Å². The maximum absolute atomic E-state index is 2.52. The molecule has 0 N–H and O–H groups in total. The van der Waals surface area contributed by atoms with E-state index in [2.05, 4.69) is 192 Å². The van der Waals surface area contributed by atoms with Gasteiger partial charge in [0.25, 0.3) is 0 Å². The van der Waals surface area contributed by atoms with Crippen molar-refractivity contribution in [2.45, 2.75) is 62.2 Å². The van der Waals surface area contributed by atoms with E-state index in [4.69, 9.17) is 0 Å². The molecule has 1 spiro atoms. The van der Waals surface area contributed by atoms with Crippen molar-refractivity contribution in [1.82, 2.24) is 0 Å². The molecule has 0 saturated heterocycles. The van der Waals surface area contributed by atoms with Crippen molar-refractivity contribution >= 4 is 34.1 Å². The van der Waals surface area contributed by atoms with Gasteiger partial charge in [0.1, 0.15) is 0 Å². The Bertz CT molecular complexity index is 2330. The molecule has 3 aliphatic rings. The van der Waals surface area contributed by atoms with Gasteiger partial charge in [-0.05, 0) is 132 Å². The first-order valence-electron chi connectivity index (χ1n) is 19.9. The summed E-state index contributed by atoms with van der Waals surface area (Å²) in [6, 6.07) is 67.8. The van der Waals surface area contributed by atoms with Crippen LogP contribution in [0.25, 0.3) is 11.1 Å². The van der Waals surface area contributed by atoms with Crippen LogP contribution in [0, 0.1) is 0 Å². The van der Waals surface area contributed by atoms with Gasteiger partial charge in [-0.25, -0.2) is 0 Å². The highest BCUT2D eigenvalue weighted by atomic mass is 15.1. The van der Waals surface area contributed by atoms with Crippen LogP contribution in [0.15, 0.2) is 182 Å². The number of hydrogen-bond donors (Lipinski definition) is 0. The molecular weight excluding hydrogens is 653 g/mol. The standard InChI is InChI=1S/C52H46N2/c1-4-16-41(17-5-1)53(42-18-6-2-7-19-42)44-28-24-39(25-29-44)51(34-12-13-35-51)40-26-30-45(31-27-40)54(43-20-8-3-9-21-43)46-32-33-48-47-22-10-11-23-49(47)52(50(48)38-46)36-14-15-37-52/h1-11,16-33,38H,12-15,34-37H2. The second-order valence-corrected chi connectivity index (χ2v) is 15.6. The van der Waals surface area contributed by atoms with Gasteiger partial charge >= 0.3 is 0 Å². The van der Waals surface area contributed by atoms with Crippen LogP contribution in [0.5, 0.6) is 0 Å². The minimum Gasteiger partial charge on any atom is -0.311 e. The lowest BCUT2D eigenvalue weighted by Gasteiger charge is -2.33. The van der Waals surface area contributed by atoms with Crippen molar-refractivity contribution < 1.29 is 0 Å². The van der Waals surface area contributed by atoms with Crippen LogP contribution in [-0.4, -0.2) is 0 Å². The summed E-state index contributed by atoms with van der Waals surface area (Å²) in [5, 5.41) is 0. The number of para-hydroxylation sites is 3. The molecule has 7 aromatic rings. The molecule has 54 heavy (non-hydrogen) atoms. The Labute approximate surface area is 320 Å². The normalized spacial score (nSPS) is 16.2. The number of rotatable bonds is 8. The van der Waals surface area contributed by atoms with Crippen LogP contribution in [-0.2, 0) is 10.8 Å². The fourth-order valence-corrected chi connectivity index (χ4v) is 10.3. The minimum atomic E-state index is 0.00710. The molecule has 0 bridgehead atoms. The van der Waals surface area contributed by atoms with Gasteiger partial charge in [0.15, 0.2) is 0 Å². The highest BCUT2D eigenvalue weighted by Gasteiger charge is 2.45. The Morgan fingerprint density at radius 1 is 0.296 bits per heavy atom. The zero-order valence-electron chi connectivity index (χ0n) is 30.9. The van der Waals surface area contributed by atoms with Crippen molar-refractivity contribution in [2.75, 3.05) is 9.80 Å². The Kier molecular flexibility index (Phi) is 8.21. The summed E-state index contributed by atoms with van der Waals surface area (Å²) in [7, 11) is 0. The lowest BCUT2D eigenvalue weighted by atomic mass is 9.73. The van der Waals surface area contributed by atoms with Gasteiger partial charge in [0.2, 0.25) is 0 Å². The van der Waals surface area contributed by atoms with Gasteiger partial charge in [0, 0.05) is 45.0 Å². The molecular formula is C52H46N2. The molecule has 264 valence electrons. The fraction of sp³-hybridized carbons (Fsp3) is 0.192. The first kappa shape index (κ1) is 32.8. The van der Waals surface area contributed by atoms with E-state index in [-0.39, 0.29) is 10.8 Å². The van der Waals surface area contributed by atoms with E-state index in [0.717, 1.165) is 11.4 Å². The summed E-state index contributed by atoms with van der Waals surface area (Å²) < 4.78 is 0. The van der Waals surface area contributed by atoms with Gasteiger partial charge in [-0.15, -0.1) is 0 Å². The Hall–Kier alpha value is -5.86. The van der Waals surface area contributed by atoms with Crippen molar-refractivity contribution in [3.8, 4) is 11.1 Å². The predicted octanol–water partition coefficient (Wildman–Crippen LogP) is 14.3. The van der Waals surface area contributed by atoms with Gasteiger partial charge in [-0.2, -0.15) is 0 Å². The molecule has 0 radical (unpaired) electrons. The first-order chi connectivity index (χ1) is 26.7. The van der Waals surface area contributed by atoms with Gasteiger partial charge in [0.05, 0.1) is 0 Å². The predicted molar refractivity (Wildman–Crippen MR) is 226 cm³/mol. The third-order valence-electron chi connectivity index (χ3n) is 12.8. The molecule has 2 heteroatoms. The molecule has 0 unspecified atom stereocenters. The summed E-state index contributed by atoms with van der Waals surface area (Å²) in [5.74, 6) is 0. The highest BCUT2D eigenvalue weighted by molar-refractivity contribution is 5.86. The number of fused-ring (bicyclic) bond motifs is 5. The van der Waals surface area contributed by atoms with Crippen LogP contribution >= 0.6 is 0 Å². The molecule has 2 fully saturated rings. The van der Waals surface area contributed by atoms with Crippen LogP contribution in [0.3, 0.4) is 0 Å². The van der Waals surface area contributed by atoms with E-state index in [9.17, 15) is 0 Å². The molecule has 3 aliphatic carbocycles. The molecule has 0 aromatic heterocycles.